The molecule has 208 valence electrons. The number of carbonyl (C=O) groups excluding carboxylic acids is 1. The summed E-state index contributed by atoms with van der Waals surface area (Å²) in [5.74, 6) is 0.329. The van der Waals surface area contributed by atoms with Crippen molar-refractivity contribution in [1.29, 1.82) is 0 Å². The molecular formula is C34H66O. The van der Waals surface area contributed by atoms with Crippen molar-refractivity contribution in [3.63, 3.8) is 0 Å². The molecule has 0 spiro atoms. The number of aldehydes is 1. The zero-order valence-corrected chi connectivity index (χ0v) is 24.5. The second-order valence-electron chi connectivity index (χ2n) is 11.3. The maximum absolute atomic E-state index is 11.4. The number of carbonyl (C=O) groups is 1. The minimum atomic E-state index is 0.329. The van der Waals surface area contributed by atoms with E-state index < -0.39 is 0 Å². The van der Waals surface area contributed by atoms with Crippen molar-refractivity contribution < 1.29 is 4.79 Å². The van der Waals surface area contributed by atoms with Gasteiger partial charge >= 0.3 is 0 Å². The number of hydrogen-bond donors (Lipinski definition) is 0. The molecule has 0 aliphatic carbocycles. The highest BCUT2D eigenvalue weighted by Gasteiger charge is 2.06. The lowest BCUT2D eigenvalue weighted by molar-refractivity contribution is -0.111. The Morgan fingerprint density at radius 3 is 1.00 bits per heavy atom. The summed E-state index contributed by atoms with van der Waals surface area (Å²) in [7, 11) is 0. The molecule has 0 bridgehead atoms. The molecule has 0 amide bonds. The molecule has 0 aromatic rings. The van der Waals surface area contributed by atoms with Crippen LogP contribution < -0.4 is 0 Å². The molecule has 0 N–H and O–H groups in total. The predicted octanol–water partition coefficient (Wildman–Crippen LogP) is 12.3. The summed E-state index contributed by atoms with van der Waals surface area (Å²) in [5, 5.41) is 0. The molecule has 0 aliphatic rings. The lowest BCUT2D eigenvalue weighted by Gasteiger charge is -2.10. The fourth-order valence-electron chi connectivity index (χ4n) is 5.18. The molecule has 1 atom stereocenters. The van der Waals surface area contributed by atoms with E-state index in [4.69, 9.17) is 0 Å². The third kappa shape index (κ3) is 29.5. The highest BCUT2D eigenvalue weighted by atomic mass is 16.1. The summed E-state index contributed by atoms with van der Waals surface area (Å²) in [6.07, 6.45) is 44.0. The quantitative estimate of drug-likeness (QED) is 0.0555. The van der Waals surface area contributed by atoms with Gasteiger partial charge in [-0.3, -0.25) is 0 Å². The van der Waals surface area contributed by atoms with Gasteiger partial charge in [0, 0.05) is 5.92 Å². The Labute approximate surface area is 222 Å². The molecule has 1 unspecified atom stereocenters. The third-order valence-electron chi connectivity index (χ3n) is 7.71. The standard InChI is InChI=1S/C34H66O/c1-3-5-7-9-11-13-15-17-18-19-20-22-24-26-28-30-32-34(33-35)31-29-27-25-23-21-16-14-12-10-8-6-4-2/h17-18,33-34H,3-16,19-32H2,1-2H3. The first-order valence-electron chi connectivity index (χ1n) is 16.4. The Morgan fingerprint density at radius 1 is 0.400 bits per heavy atom. The van der Waals surface area contributed by atoms with E-state index >= 15 is 0 Å². The Morgan fingerprint density at radius 2 is 0.686 bits per heavy atom. The number of unbranched alkanes of at least 4 members (excludes halogenated alkanes) is 23. The maximum atomic E-state index is 11.4. The Kier molecular flexibility index (Phi) is 30.9. The average molecular weight is 491 g/mol. The van der Waals surface area contributed by atoms with Crippen LogP contribution in [0.1, 0.15) is 194 Å². The van der Waals surface area contributed by atoms with Crippen LogP contribution in [0.15, 0.2) is 12.2 Å². The summed E-state index contributed by atoms with van der Waals surface area (Å²) in [6.45, 7) is 4.57. The first kappa shape index (κ1) is 34.4. The lowest BCUT2D eigenvalue weighted by atomic mass is 9.95. The van der Waals surface area contributed by atoms with E-state index in [0.717, 1.165) is 12.8 Å². The second kappa shape index (κ2) is 31.4. The van der Waals surface area contributed by atoms with Crippen LogP contribution in [-0.4, -0.2) is 6.29 Å². The fourth-order valence-corrected chi connectivity index (χ4v) is 5.18. The monoisotopic (exact) mass is 491 g/mol. The zero-order valence-electron chi connectivity index (χ0n) is 24.5. The number of rotatable bonds is 30. The molecule has 1 nitrogen and oxygen atoms in total. The summed E-state index contributed by atoms with van der Waals surface area (Å²) in [4.78, 5) is 11.4. The van der Waals surface area contributed by atoms with Gasteiger partial charge in [0.25, 0.3) is 0 Å². The van der Waals surface area contributed by atoms with Gasteiger partial charge in [-0.1, -0.05) is 167 Å². The van der Waals surface area contributed by atoms with Gasteiger partial charge in [0.1, 0.15) is 6.29 Å². The van der Waals surface area contributed by atoms with E-state index in [9.17, 15) is 4.79 Å². The lowest BCUT2D eigenvalue weighted by Crippen LogP contribution is -2.02. The van der Waals surface area contributed by atoms with E-state index in [1.807, 2.05) is 0 Å². The fraction of sp³-hybridized carbons (Fsp3) is 0.912. The molecule has 0 aromatic carbocycles. The summed E-state index contributed by atoms with van der Waals surface area (Å²) in [6, 6.07) is 0. The average Bonchev–Trinajstić information content (AvgIpc) is 2.87. The molecule has 0 saturated carbocycles. The van der Waals surface area contributed by atoms with Gasteiger partial charge in [0.2, 0.25) is 0 Å². The van der Waals surface area contributed by atoms with Gasteiger partial charge in [-0.25, -0.2) is 0 Å². The van der Waals surface area contributed by atoms with Crippen LogP contribution in [0.3, 0.4) is 0 Å². The number of hydrogen-bond acceptors (Lipinski definition) is 1. The van der Waals surface area contributed by atoms with Crippen LogP contribution in [0, 0.1) is 5.92 Å². The van der Waals surface area contributed by atoms with Crippen molar-refractivity contribution in [1.82, 2.24) is 0 Å². The van der Waals surface area contributed by atoms with Gasteiger partial charge in [-0.05, 0) is 38.5 Å². The Balaban J connectivity index is 3.31. The van der Waals surface area contributed by atoms with Crippen LogP contribution >= 0.6 is 0 Å². The molecule has 0 heterocycles. The van der Waals surface area contributed by atoms with Crippen LogP contribution in [-0.2, 0) is 4.79 Å². The molecule has 0 radical (unpaired) electrons. The minimum absolute atomic E-state index is 0.329. The van der Waals surface area contributed by atoms with Crippen molar-refractivity contribution >= 4 is 6.29 Å². The van der Waals surface area contributed by atoms with Crippen molar-refractivity contribution in [2.45, 2.75) is 194 Å². The predicted molar refractivity (Wildman–Crippen MR) is 159 cm³/mol. The molecule has 0 fully saturated rings. The smallest absolute Gasteiger partial charge is 0.123 e. The van der Waals surface area contributed by atoms with Crippen LogP contribution in [0.5, 0.6) is 0 Å². The Hall–Kier alpha value is -0.590. The van der Waals surface area contributed by atoms with Crippen molar-refractivity contribution in [2.75, 3.05) is 0 Å². The molecule has 0 saturated heterocycles. The molecular weight excluding hydrogens is 424 g/mol. The van der Waals surface area contributed by atoms with E-state index in [0.29, 0.717) is 5.92 Å². The third-order valence-corrected chi connectivity index (χ3v) is 7.71. The van der Waals surface area contributed by atoms with Crippen molar-refractivity contribution in [3.8, 4) is 0 Å². The molecule has 1 heteroatoms. The van der Waals surface area contributed by atoms with Gasteiger partial charge in [0.05, 0.1) is 0 Å². The van der Waals surface area contributed by atoms with Crippen LogP contribution in [0.25, 0.3) is 0 Å². The van der Waals surface area contributed by atoms with Gasteiger partial charge in [0.15, 0.2) is 0 Å². The maximum Gasteiger partial charge on any atom is 0.123 e. The summed E-state index contributed by atoms with van der Waals surface area (Å²) >= 11 is 0. The zero-order chi connectivity index (χ0) is 25.5. The summed E-state index contributed by atoms with van der Waals surface area (Å²) < 4.78 is 0. The highest BCUT2D eigenvalue weighted by Crippen LogP contribution is 2.18. The van der Waals surface area contributed by atoms with Gasteiger partial charge < -0.3 is 4.79 Å². The number of allylic oxidation sites excluding steroid dienone is 2. The Bertz CT molecular complexity index is 413. The topological polar surface area (TPSA) is 17.1 Å². The van der Waals surface area contributed by atoms with Crippen molar-refractivity contribution in [3.05, 3.63) is 12.2 Å². The van der Waals surface area contributed by atoms with Gasteiger partial charge in [-0.15, -0.1) is 0 Å². The SMILES string of the molecule is CCCCCCCCC=CCCCCCCCCC(C=O)CCCCCCCCCCCCCC. The molecule has 35 heavy (non-hydrogen) atoms. The van der Waals surface area contributed by atoms with Crippen molar-refractivity contribution in [2.24, 2.45) is 5.92 Å². The molecule has 0 aliphatic heterocycles. The van der Waals surface area contributed by atoms with E-state index in [-0.39, 0.29) is 0 Å². The van der Waals surface area contributed by atoms with Crippen LogP contribution in [0.2, 0.25) is 0 Å². The first-order chi connectivity index (χ1) is 17.3. The molecule has 0 aromatic heterocycles. The van der Waals surface area contributed by atoms with Crippen LogP contribution in [0.4, 0.5) is 0 Å². The molecule has 0 rings (SSSR count). The first-order valence-corrected chi connectivity index (χ1v) is 16.4. The normalized spacial score (nSPS) is 12.5. The second-order valence-corrected chi connectivity index (χ2v) is 11.3. The largest absolute Gasteiger partial charge is 0.303 e. The van der Waals surface area contributed by atoms with E-state index in [2.05, 4.69) is 26.0 Å². The van der Waals surface area contributed by atoms with E-state index in [1.54, 1.807) is 0 Å². The van der Waals surface area contributed by atoms with E-state index in [1.165, 1.54) is 173 Å². The highest BCUT2D eigenvalue weighted by molar-refractivity contribution is 5.53. The summed E-state index contributed by atoms with van der Waals surface area (Å²) in [5.41, 5.74) is 0. The van der Waals surface area contributed by atoms with Gasteiger partial charge in [-0.2, -0.15) is 0 Å². The minimum Gasteiger partial charge on any atom is -0.303 e.